The van der Waals surface area contributed by atoms with Crippen molar-refractivity contribution in [2.24, 2.45) is 5.92 Å². The van der Waals surface area contributed by atoms with E-state index < -0.39 is 11.9 Å². The summed E-state index contributed by atoms with van der Waals surface area (Å²) in [5.41, 5.74) is 0.872. The number of anilines is 1. The van der Waals surface area contributed by atoms with Gasteiger partial charge in [0.25, 0.3) is 0 Å². The third-order valence-corrected chi connectivity index (χ3v) is 3.38. The molecule has 0 bridgehead atoms. The zero-order valence-corrected chi connectivity index (χ0v) is 13.0. The first-order valence-electron chi connectivity index (χ1n) is 7.34. The van der Waals surface area contributed by atoms with Crippen LogP contribution in [-0.2, 0) is 4.79 Å². The molecule has 4 nitrogen and oxygen atoms in total. The average molecular weight is 309 g/mol. The van der Waals surface area contributed by atoms with Gasteiger partial charge in [-0.1, -0.05) is 31.0 Å². The fraction of sp³-hybridized carbons (Fsp3) is 0.211. The summed E-state index contributed by atoms with van der Waals surface area (Å²) < 4.78 is 5.74. The number of hydrogen-bond donors (Lipinski definition) is 1. The highest BCUT2D eigenvalue weighted by atomic mass is 16.5. The van der Waals surface area contributed by atoms with Gasteiger partial charge in [0.1, 0.15) is 11.5 Å². The largest absolute Gasteiger partial charge is 0.481 e. The second kappa shape index (κ2) is 7.90. The zero-order valence-electron chi connectivity index (χ0n) is 13.0. The van der Waals surface area contributed by atoms with Crippen LogP contribution < -0.4 is 9.64 Å². The first-order chi connectivity index (χ1) is 11.1. The van der Waals surface area contributed by atoms with Gasteiger partial charge < -0.3 is 14.7 Å². The Labute approximate surface area is 136 Å². The molecule has 2 aromatic rings. The molecule has 4 heteroatoms. The summed E-state index contributed by atoms with van der Waals surface area (Å²) in [6.45, 7) is 2.38. The molecule has 23 heavy (non-hydrogen) atoms. The number of terminal acetylenes is 1. The molecule has 0 radical (unpaired) electrons. The maximum Gasteiger partial charge on any atom is 0.308 e. The predicted octanol–water partition coefficient (Wildman–Crippen LogP) is 3.64. The topological polar surface area (TPSA) is 49.8 Å². The summed E-state index contributed by atoms with van der Waals surface area (Å²) in [4.78, 5) is 12.9. The number of para-hydroxylation sites is 1. The molecule has 0 aliphatic rings. The van der Waals surface area contributed by atoms with Crippen LogP contribution in [0.5, 0.6) is 11.5 Å². The molecule has 0 amide bonds. The molecule has 0 fully saturated rings. The van der Waals surface area contributed by atoms with Crippen molar-refractivity contribution in [2.75, 3.05) is 18.0 Å². The van der Waals surface area contributed by atoms with E-state index in [9.17, 15) is 4.79 Å². The first-order valence-corrected chi connectivity index (χ1v) is 7.34. The molecule has 0 aliphatic heterocycles. The normalized spacial score (nSPS) is 11.3. The lowest BCUT2D eigenvalue weighted by Gasteiger charge is -2.24. The van der Waals surface area contributed by atoms with Crippen molar-refractivity contribution in [3.8, 4) is 23.8 Å². The van der Waals surface area contributed by atoms with Crippen LogP contribution >= 0.6 is 0 Å². The molecule has 0 spiro atoms. The highest BCUT2D eigenvalue weighted by Gasteiger charge is 2.16. The quantitative estimate of drug-likeness (QED) is 0.793. The van der Waals surface area contributed by atoms with E-state index in [1.807, 2.05) is 59.5 Å². The van der Waals surface area contributed by atoms with Gasteiger partial charge in [-0.15, -0.1) is 6.42 Å². The number of carbonyl (C=O) groups is 1. The second-order valence-corrected chi connectivity index (χ2v) is 5.23. The Morgan fingerprint density at radius 1 is 1.17 bits per heavy atom. The molecule has 0 saturated heterocycles. The van der Waals surface area contributed by atoms with Crippen LogP contribution in [-0.4, -0.2) is 24.2 Å². The van der Waals surface area contributed by atoms with Crippen molar-refractivity contribution in [1.82, 2.24) is 0 Å². The van der Waals surface area contributed by atoms with E-state index in [4.69, 9.17) is 16.3 Å². The van der Waals surface area contributed by atoms with Gasteiger partial charge in [-0.05, 0) is 36.4 Å². The molecule has 0 aliphatic carbocycles. The Morgan fingerprint density at radius 2 is 1.78 bits per heavy atom. The van der Waals surface area contributed by atoms with Gasteiger partial charge in [0, 0.05) is 12.2 Å². The maximum atomic E-state index is 11.0. The van der Waals surface area contributed by atoms with Crippen LogP contribution in [0.2, 0.25) is 0 Å². The Kier molecular flexibility index (Phi) is 5.65. The molecule has 2 aromatic carbocycles. The number of hydrogen-bond acceptors (Lipinski definition) is 3. The fourth-order valence-electron chi connectivity index (χ4n) is 2.13. The van der Waals surface area contributed by atoms with Crippen molar-refractivity contribution in [2.45, 2.75) is 6.92 Å². The van der Waals surface area contributed by atoms with Crippen molar-refractivity contribution in [3.63, 3.8) is 0 Å². The highest BCUT2D eigenvalue weighted by molar-refractivity contribution is 5.70. The standard InChI is InChI=1S/C19H19NO3/c1-3-13-20(14-15(2)19(21)22)16-9-11-18(12-10-16)23-17-7-5-4-6-8-17/h1,4-12,15H,13-14H2,2H3,(H,21,22). The summed E-state index contributed by atoms with van der Waals surface area (Å²) in [5, 5.41) is 9.06. The molecule has 0 aromatic heterocycles. The number of carboxylic acids is 1. The molecular weight excluding hydrogens is 290 g/mol. The second-order valence-electron chi connectivity index (χ2n) is 5.23. The molecule has 118 valence electrons. The number of carboxylic acid groups (broad SMARTS) is 1. The Hall–Kier alpha value is -2.93. The fourth-order valence-corrected chi connectivity index (χ4v) is 2.13. The lowest BCUT2D eigenvalue weighted by atomic mass is 10.1. The molecule has 0 saturated carbocycles. The van der Waals surface area contributed by atoms with Gasteiger partial charge in [0.05, 0.1) is 12.5 Å². The zero-order chi connectivity index (χ0) is 16.7. The maximum absolute atomic E-state index is 11.0. The lowest BCUT2D eigenvalue weighted by molar-refractivity contribution is -0.140. The smallest absolute Gasteiger partial charge is 0.308 e. The minimum absolute atomic E-state index is 0.358. The summed E-state index contributed by atoms with van der Waals surface area (Å²) in [6.07, 6.45) is 5.39. The number of ether oxygens (including phenoxy) is 1. The number of aliphatic carboxylic acids is 1. The van der Waals surface area contributed by atoms with Crippen molar-refractivity contribution >= 4 is 11.7 Å². The minimum Gasteiger partial charge on any atom is -0.481 e. The van der Waals surface area contributed by atoms with Gasteiger partial charge in [-0.2, -0.15) is 0 Å². The van der Waals surface area contributed by atoms with E-state index >= 15 is 0 Å². The third-order valence-electron chi connectivity index (χ3n) is 3.38. The summed E-state index contributed by atoms with van der Waals surface area (Å²) >= 11 is 0. The van der Waals surface area contributed by atoms with Crippen LogP contribution in [0, 0.1) is 18.3 Å². The van der Waals surface area contributed by atoms with E-state index in [1.54, 1.807) is 6.92 Å². The summed E-state index contributed by atoms with van der Waals surface area (Å²) in [7, 11) is 0. The summed E-state index contributed by atoms with van der Waals surface area (Å²) in [6, 6.07) is 17.0. The van der Waals surface area contributed by atoms with Crippen LogP contribution in [0.25, 0.3) is 0 Å². The molecular formula is C19H19NO3. The van der Waals surface area contributed by atoms with Gasteiger partial charge in [-0.25, -0.2) is 0 Å². The van der Waals surface area contributed by atoms with Crippen molar-refractivity contribution in [3.05, 3.63) is 54.6 Å². The number of benzene rings is 2. The van der Waals surface area contributed by atoms with Crippen LogP contribution in [0.15, 0.2) is 54.6 Å². The molecule has 1 N–H and O–H groups in total. The van der Waals surface area contributed by atoms with Gasteiger partial charge in [0.2, 0.25) is 0 Å². The van der Waals surface area contributed by atoms with Gasteiger partial charge in [0.15, 0.2) is 0 Å². The van der Waals surface area contributed by atoms with Crippen LogP contribution in [0.4, 0.5) is 5.69 Å². The van der Waals surface area contributed by atoms with Crippen molar-refractivity contribution in [1.29, 1.82) is 0 Å². The summed E-state index contributed by atoms with van der Waals surface area (Å²) in [5.74, 6) is 2.71. The Balaban J connectivity index is 2.09. The van der Waals surface area contributed by atoms with Gasteiger partial charge in [-0.3, -0.25) is 4.79 Å². The third kappa shape index (κ3) is 4.79. The van der Waals surface area contributed by atoms with Crippen LogP contribution in [0.1, 0.15) is 6.92 Å². The average Bonchev–Trinajstić information content (AvgIpc) is 2.56. The highest BCUT2D eigenvalue weighted by Crippen LogP contribution is 2.24. The van der Waals surface area contributed by atoms with E-state index in [2.05, 4.69) is 5.92 Å². The monoisotopic (exact) mass is 309 g/mol. The minimum atomic E-state index is -0.837. The van der Waals surface area contributed by atoms with E-state index in [0.29, 0.717) is 18.8 Å². The van der Waals surface area contributed by atoms with E-state index in [1.165, 1.54) is 0 Å². The van der Waals surface area contributed by atoms with Crippen LogP contribution in [0.3, 0.4) is 0 Å². The number of rotatable bonds is 7. The van der Waals surface area contributed by atoms with Gasteiger partial charge >= 0.3 is 5.97 Å². The Bertz CT molecular complexity index is 674. The first kappa shape index (κ1) is 16.4. The molecule has 1 atom stereocenters. The van der Waals surface area contributed by atoms with E-state index in [-0.39, 0.29) is 0 Å². The molecule has 0 heterocycles. The van der Waals surface area contributed by atoms with Crippen molar-refractivity contribution < 1.29 is 14.6 Å². The Morgan fingerprint density at radius 3 is 2.35 bits per heavy atom. The van der Waals surface area contributed by atoms with E-state index in [0.717, 1.165) is 11.4 Å². The lowest BCUT2D eigenvalue weighted by Crippen LogP contribution is -2.32. The SMILES string of the molecule is C#CCN(CC(C)C(=O)O)c1ccc(Oc2ccccc2)cc1. The molecule has 1 unspecified atom stereocenters. The number of nitrogens with zero attached hydrogens (tertiary/aromatic N) is 1. The molecule has 2 rings (SSSR count). The predicted molar refractivity (Wildman–Crippen MR) is 90.8 cm³/mol.